The Kier molecular flexibility index (Phi) is 3.70. The number of rotatable bonds is 3. The van der Waals surface area contributed by atoms with Gasteiger partial charge in [-0.3, -0.25) is 9.59 Å². The summed E-state index contributed by atoms with van der Waals surface area (Å²) >= 11 is 0. The molecule has 0 saturated carbocycles. The SMILES string of the molecule is CC1Nc2ccccc2CC1C(=O)NC(C)(C)C(N)=O. The number of hydrogen-bond acceptors (Lipinski definition) is 3. The van der Waals surface area contributed by atoms with Crippen molar-refractivity contribution in [3.05, 3.63) is 29.8 Å². The molecule has 0 fully saturated rings. The van der Waals surface area contributed by atoms with Gasteiger partial charge in [0.25, 0.3) is 0 Å². The second-order valence-corrected chi connectivity index (χ2v) is 5.88. The lowest BCUT2D eigenvalue weighted by molar-refractivity contribution is -0.132. The topological polar surface area (TPSA) is 84.2 Å². The number of benzene rings is 1. The van der Waals surface area contributed by atoms with E-state index >= 15 is 0 Å². The maximum absolute atomic E-state index is 12.4. The molecule has 1 aliphatic heterocycles. The van der Waals surface area contributed by atoms with Gasteiger partial charge < -0.3 is 16.4 Å². The monoisotopic (exact) mass is 275 g/mol. The van der Waals surface area contributed by atoms with E-state index in [2.05, 4.69) is 10.6 Å². The Hall–Kier alpha value is -2.04. The summed E-state index contributed by atoms with van der Waals surface area (Å²) in [6.45, 7) is 5.20. The third kappa shape index (κ3) is 2.76. The van der Waals surface area contributed by atoms with Gasteiger partial charge in [-0.15, -0.1) is 0 Å². The quantitative estimate of drug-likeness (QED) is 0.770. The molecule has 2 amide bonds. The normalized spacial score (nSPS) is 21.6. The van der Waals surface area contributed by atoms with Crippen LogP contribution in [0.5, 0.6) is 0 Å². The van der Waals surface area contributed by atoms with Crippen molar-refractivity contribution in [2.75, 3.05) is 5.32 Å². The molecule has 1 aliphatic rings. The van der Waals surface area contributed by atoms with Crippen LogP contribution in [0.2, 0.25) is 0 Å². The average Bonchev–Trinajstić information content (AvgIpc) is 2.37. The molecule has 1 heterocycles. The summed E-state index contributed by atoms with van der Waals surface area (Å²) in [7, 11) is 0. The van der Waals surface area contributed by atoms with Crippen LogP contribution >= 0.6 is 0 Å². The Morgan fingerprint density at radius 1 is 1.35 bits per heavy atom. The average molecular weight is 275 g/mol. The van der Waals surface area contributed by atoms with Crippen molar-refractivity contribution >= 4 is 17.5 Å². The summed E-state index contributed by atoms with van der Waals surface area (Å²) in [4.78, 5) is 23.7. The van der Waals surface area contributed by atoms with E-state index in [-0.39, 0.29) is 17.9 Å². The van der Waals surface area contributed by atoms with Crippen molar-refractivity contribution in [1.29, 1.82) is 0 Å². The van der Waals surface area contributed by atoms with Gasteiger partial charge in [0.2, 0.25) is 11.8 Å². The van der Waals surface area contributed by atoms with Crippen molar-refractivity contribution in [1.82, 2.24) is 5.32 Å². The lowest BCUT2D eigenvalue weighted by atomic mass is 9.86. The van der Waals surface area contributed by atoms with E-state index in [0.29, 0.717) is 6.42 Å². The maximum Gasteiger partial charge on any atom is 0.242 e. The largest absolute Gasteiger partial charge is 0.382 e. The highest BCUT2D eigenvalue weighted by Gasteiger charge is 2.35. The highest BCUT2D eigenvalue weighted by atomic mass is 16.2. The molecule has 20 heavy (non-hydrogen) atoms. The number of carbonyl (C=O) groups excluding carboxylic acids is 2. The highest BCUT2D eigenvalue weighted by molar-refractivity contribution is 5.91. The Bertz CT molecular complexity index is 540. The smallest absolute Gasteiger partial charge is 0.242 e. The summed E-state index contributed by atoms with van der Waals surface area (Å²) in [6, 6.07) is 7.95. The number of hydrogen-bond donors (Lipinski definition) is 3. The zero-order valence-electron chi connectivity index (χ0n) is 12.1. The molecule has 0 saturated heterocycles. The lowest BCUT2D eigenvalue weighted by Crippen LogP contribution is -2.56. The molecule has 5 heteroatoms. The molecule has 0 aliphatic carbocycles. The van der Waals surface area contributed by atoms with Crippen LogP contribution in [0, 0.1) is 5.92 Å². The molecule has 5 nitrogen and oxygen atoms in total. The summed E-state index contributed by atoms with van der Waals surface area (Å²) in [5, 5.41) is 6.06. The molecule has 0 radical (unpaired) electrons. The van der Waals surface area contributed by atoms with Crippen molar-refractivity contribution in [2.45, 2.75) is 38.8 Å². The predicted octanol–water partition coefficient (Wildman–Crippen LogP) is 1.04. The van der Waals surface area contributed by atoms with Gasteiger partial charge in [-0.25, -0.2) is 0 Å². The van der Waals surface area contributed by atoms with E-state index in [9.17, 15) is 9.59 Å². The Morgan fingerprint density at radius 3 is 2.65 bits per heavy atom. The summed E-state index contributed by atoms with van der Waals surface area (Å²) in [5.41, 5.74) is 6.44. The van der Waals surface area contributed by atoms with E-state index in [1.807, 2.05) is 31.2 Å². The second kappa shape index (κ2) is 5.15. The Labute approximate surface area is 118 Å². The standard InChI is InChI=1S/C15H21N3O2/c1-9-11(13(19)18-15(2,3)14(16)20)8-10-6-4-5-7-12(10)17-9/h4-7,9,11,17H,8H2,1-3H3,(H2,16,20)(H,18,19). The van der Waals surface area contributed by atoms with Crippen molar-refractivity contribution in [3.8, 4) is 0 Å². The third-order valence-electron chi connectivity index (χ3n) is 3.83. The maximum atomic E-state index is 12.4. The van der Waals surface area contributed by atoms with Gasteiger partial charge in [-0.05, 0) is 38.8 Å². The van der Waals surface area contributed by atoms with E-state index in [0.717, 1.165) is 11.3 Å². The van der Waals surface area contributed by atoms with Gasteiger partial charge >= 0.3 is 0 Å². The van der Waals surface area contributed by atoms with Crippen LogP contribution in [0.1, 0.15) is 26.3 Å². The van der Waals surface area contributed by atoms with Gasteiger partial charge in [0, 0.05) is 11.7 Å². The molecule has 0 spiro atoms. The van der Waals surface area contributed by atoms with Gasteiger partial charge in [0.1, 0.15) is 5.54 Å². The molecule has 1 aromatic carbocycles. The van der Waals surface area contributed by atoms with Crippen molar-refractivity contribution < 1.29 is 9.59 Å². The van der Waals surface area contributed by atoms with E-state index in [1.165, 1.54) is 0 Å². The molecular weight excluding hydrogens is 254 g/mol. The number of para-hydroxylation sites is 1. The van der Waals surface area contributed by atoms with Gasteiger partial charge in [-0.2, -0.15) is 0 Å². The highest BCUT2D eigenvalue weighted by Crippen LogP contribution is 2.28. The number of carbonyl (C=O) groups is 2. The Morgan fingerprint density at radius 2 is 2.00 bits per heavy atom. The fourth-order valence-electron chi connectivity index (χ4n) is 2.38. The summed E-state index contributed by atoms with van der Waals surface area (Å²) < 4.78 is 0. The number of nitrogens with two attached hydrogens (primary N) is 1. The Balaban J connectivity index is 2.14. The number of amides is 2. The van der Waals surface area contributed by atoms with Crippen molar-refractivity contribution in [3.63, 3.8) is 0 Å². The summed E-state index contributed by atoms with van der Waals surface area (Å²) in [6.07, 6.45) is 0.658. The first-order valence-electron chi connectivity index (χ1n) is 6.77. The zero-order chi connectivity index (χ0) is 14.9. The molecule has 2 atom stereocenters. The minimum atomic E-state index is -1.03. The third-order valence-corrected chi connectivity index (χ3v) is 3.83. The first kappa shape index (κ1) is 14.4. The van der Waals surface area contributed by atoms with Crippen LogP contribution in [0.4, 0.5) is 5.69 Å². The number of primary amides is 1. The fraction of sp³-hybridized carbons (Fsp3) is 0.467. The molecule has 108 valence electrons. The molecule has 0 aromatic heterocycles. The molecule has 2 rings (SSSR count). The number of fused-ring (bicyclic) bond motifs is 1. The van der Waals surface area contributed by atoms with Crippen LogP contribution in [0.15, 0.2) is 24.3 Å². The minimum Gasteiger partial charge on any atom is -0.382 e. The van der Waals surface area contributed by atoms with Gasteiger partial charge in [0.05, 0.1) is 5.92 Å². The van der Waals surface area contributed by atoms with Gasteiger partial charge in [-0.1, -0.05) is 18.2 Å². The minimum absolute atomic E-state index is 0.00794. The second-order valence-electron chi connectivity index (χ2n) is 5.88. The van der Waals surface area contributed by atoms with Crippen LogP contribution in [-0.2, 0) is 16.0 Å². The zero-order valence-corrected chi connectivity index (χ0v) is 12.1. The summed E-state index contributed by atoms with van der Waals surface area (Å²) in [5.74, 6) is -0.908. The van der Waals surface area contributed by atoms with Crippen molar-refractivity contribution in [2.24, 2.45) is 11.7 Å². The predicted molar refractivity (Wildman–Crippen MR) is 78.1 cm³/mol. The lowest BCUT2D eigenvalue weighted by Gasteiger charge is -2.33. The van der Waals surface area contributed by atoms with Crippen LogP contribution in [0.3, 0.4) is 0 Å². The number of anilines is 1. The van der Waals surface area contributed by atoms with E-state index in [1.54, 1.807) is 13.8 Å². The first-order valence-corrected chi connectivity index (χ1v) is 6.77. The number of nitrogens with one attached hydrogen (secondary N) is 2. The van der Waals surface area contributed by atoms with Crippen LogP contribution in [-0.4, -0.2) is 23.4 Å². The molecular formula is C15H21N3O2. The molecule has 1 aromatic rings. The van der Waals surface area contributed by atoms with E-state index in [4.69, 9.17) is 5.73 Å². The molecule has 0 bridgehead atoms. The molecule has 4 N–H and O–H groups in total. The van der Waals surface area contributed by atoms with Crippen LogP contribution < -0.4 is 16.4 Å². The molecule has 2 unspecified atom stereocenters. The van der Waals surface area contributed by atoms with E-state index < -0.39 is 11.4 Å². The van der Waals surface area contributed by atoms with Gasteiger partial charge in [0.15, 0.2) is 0 Å². The first-order chi connectivity index (χ1) is 9.31. The van der Waals surface area contributed by atoms with Crippen LogP contribution in [0.25, 0.3) is 0 Å². The fourth-order valence-corrected chi connectivity index (χ4v) is 2.38.